The molecule has 0 spiro atoms. The van der Waals surface area contributed by atoms with E-state index in [0.29, 0.717) is 12.0 Å². The first kappa shape index (κ1) is 21.2. The minimum atomic E-state index is 0.0665. The van der Waals surface area contributed by atoms with Gasteiger partial charge in [0.05, 0.1) is 5.69 Å². The number of hydrogen-bond acceptors (Lipinski definition) is 4. The summed E-state index contributed by atoms with van der Waals surface area (Å²) in [6, 6.07) is 18.1. The molecule has 5 nitrogen and oxygen atoms in total. The molecule has 2 fully saturated rings. The van der Waals surface area contributed by atoms with E-state index in [9.17, 15) is 4.79 Å². The van der Waals surface area contributed by atoms with Crippen LogP contribution in [0.1, 0.15) is 66.9 Å². The van der Waals surface area contributed by atoms with Crippen LogP contribution in [0.15, 0.2) is 59.1 Å². The number of likely N-dealkylation sites (tertiary alicyclic amines) is 1. The van der Waals surface area contributed by atoms with Crippen LogP contribution in [-0.4, -0.2) is 41.6 Å². The van der Waals surface area contributed by atoms with Gasteiger partial charge in [0.1, 0.15) is 0 Å². The lowest BCUT2D eigenvalue weighted by Crippen LogP contribution is -2.38. The van der Waals surface area contributed by atoms with Crippen LogP contribution >= 0.6 is 0 Å². The van der Waals surface area contributed by atoms with Crippen molar-refractivity contribution in [2.24, 2.45) is 5.92 Å². The SMILES string of the molecule is O=C(NC1CCC(CCN2CCC(c3noc4ccccc34)CC2)CC1)c1ccccc1. The van der Waals surface area contributed by atoms with Crippen LogP contribution in [0.2, 0.25) is 0 Å². The van der Waals surface area contributed by atoms with Gasteiger partial charge in [-0.25, -0.2) is 0 Å². The van der Waals surface area contributed by atoms with Gasteiger partial charge in [-0.05, 0) is 94.8 Å². The zero-order chi connectivity index (χ0) is 21.8. The van der Waals surface area contributed by atoms with Crippen molar-refractivity contribution in [3.05, 3.63) is 65.9 Å². The number of piperidine rings is 1. The summed E-state index contributed by atoms with van der Waals surface area (Å²) in [6.45, 7) is 3.49. The number of fused-ring (bicyclic) bond motifs is 1. The number of nitrogens with one attached hydrogen (secondary N) is 1. The summed E-state index contributed by atoms with van der Waals surface area (Å²) in [5, 5.41) is 8.80. The monoisotopic (exact) mass is 431 g/mol. The molecule has 32 heavy (non-hydrogen) atoms. The largest absolute Gasteiger partial charge is 0.356 e. The van der Waals surface area contributed by atoms with Gasteiger partial charge in [0.2, 0.25) is 0 Å². The number of amides is 1. The first-order valence-electron chi connectivity index (χ1n) is 12.2. The Bertz CT molecular complexity index is 1020. The second kappa shape index (κ2) is 9.86. The Hall–Kier alpha value is -2.66. The van der Waals surface area contributed by atoms with E-state index in [4.69, 9.17) is 4.52 Å². The molecule has 1 aliphatic heterocycles. The number of aromatic nitrogens is 1. The maximum Gasteiger partial charge on any atom is 0.251 e. The minimum Gasteiger partial charge on any atom is -0.356 e. The van der Waals surface area contributed by atoms with Crippen LogP contribution < -0.4 is 5.32 Å². The van der Waals surface area contributed by atoms with Crippen LogP contribution in [0.3, 0.4) is 0 Å². The summed E-state index contributed by atoms with van der Waals surface area (Å²) >= 11 is 0. The maximum atomic E-state index is 12.4. The molecule has 1 N–H and O–H groups in total. The second-order valence-corrected chi connectivity index (χ2v) is 9.53. The first-order valence-corrected chi connectivity index (χ1v) is 12.2. The fraction of sp³-hybridized carbons (Fsp3) is 0.481. The van der Waals surface area contributed by atoms with Crippen molar-refractivity contribution in [2.45, 2.75) is 56.9 Å². The van der Waals surface area contributed by atoms with E-state index in [1.807, 2.05) is 42.5 Å². The van der Waals surface area contributed by atoms with E-state index in [2.05, 4.69) is 27.5 Å². The Morgan fingerprint density at radius 3 is 2.44 bits per heavy atom. The quantitative estimate of drug-likeness (QED) is 0.569. The van der Waals surface area contributed by atoms with E-state index >= 15 is 0 Å². The average molecular weight is 432 g/mol. The molecule has 3 aromatic rings. The van der Waals surface area contributed by atoms with Crippen molar-refractivity contribution in [3.63, 3.8) is 0 Å². The number of carbonyl (C=O) groups excluding carboxylic acids is 1. The fourth-order valence-corrected chi connectivity index (χ4v) is 5.45. The van der Waals surface area contributed by atoms with Crippen molar-refractivity contribution in [3.8, 4) is 0 Å². The van der Waals surface area contributed by atoms with E-state index in [0.717, 1.165) is 61.5 Å². The predicted octanol–water partition coefficient (Wildman–Crippen LogP) is 5.39. The Kier molecular flexibility index (Phi) is 6.54. The zero-order valence-corrected chi connectivity index (χ0v) is 18.7. The number of para-hydroxylation sites is 1. The third-order valence-electron chi connectivity index (χ3n) is 7.45. The molecule has 0 atom stereocenters. The Morgan fingerprint density at radius 2 is 1.66 bits per heavy atom. The van der Waals surface area contributed by atoms with Gasteiger partial charge < -0.3 is 14.7 Å². The highest BCUT2D eigenvalue weighted by atomic mass is 16.5. The van der Waals surface area contributed by atoms with E-state index in [1.165, 1.54) is 31.2 Å². The molecule has 0 radical (unpaired) electrons. The summed E-state index contributed by atoms with van der Waals surface area (Å²) in [7, 11) is 0. The number of hydrogen-bond donors (Lipinski definition) is 1. The van der Waals surface area contributed by atoms with Crippen molar-refractivity contribution >= 4 is 16.9 Å². The van der Waals surface area contributed by atoms with E-state index < -0.39 is 0 Å². The third-order valence-corrected chi connectivity index (χ3v) is 7.45. The van der Waals surface area contributed by atoms with Crippen LogP contribution in [0, 0.1) is 5.92 Å². The Labute approximate surface area is 190 Å². The standard InChI is InChI=1S/C27H33N3O2/c31-27(22-6-2-1-3-7-22)28-23-12-10-20(11-13-23)14-17-30-18-15-21(16-19-30)26-24-8-4-5-9-25(24)32-29-26/h1-9,20-21,23H,10-19H2,(H,28,31). The van der Waals surface area contributed by atoms with Crippen molar-refractivity contribution in [1.29, 1.82) is 0 Å². The molecule has 1 saturated heterocycles. The first-order chi connectivity index (χ1) is 15.8. The molecular weight excluding hydrogens is 398 g/mol. The van der Waals surface area contributed by atoms with Crippen LogP contribution in [0.25, 0.3) is 11.0 Å². The number of rotatable bonds is 6. The van der Waals surface area contributed by atoms with Crippen molar-refractivity contribution in [2.75, 3.05) is 19.6 Å². The Morgan fingerprint density at radius 1 is 0.938 bits per heavy atom. The highest BCUT2D eigenvalue weighted by Crippen LogP contribution is 2.33. The number of carbonyl (C=O) groups is 1. The molecule has 1 amide bonds. The summed E-state index contributed by atoms with van der Waals surface area (Å²) < 4.78 is 5.52. The van der Waals surface area contributed by atoms with Crippen LogP contribution in [0.5, 0.6) is 0 Å². The van der Waals surface area contributed by atoms with Gasteiger partial charge in [-0.1, -0.05) is 35.5 Å². The maximum absolute atomic E-state index is 12.4. The van der Waals surface area contributed by atoms with Gasteiger partial charge in [-0.2, -0.15) is 0 Å². The highest BCUT2D eigenvalue weighted by molar-refractivity contribution is 5.94. The summed E-state index contributed by atoms with van der Waals surface area (Å²) in [5.74, 6) is 1.37. The van der Waals surface area contributed by atoms with Gasteiger partial charge >= 0.3 is 0 Å². The van der Waals surface area contributed by atoms with Gasteiger partial charge in [0, 0.05) is 22.9 Å². The molecule has 5 heteroatoms. The molecular formula is C27H33N3O2. The topological polar surface area (TPSA) is 58.4 Å². The molecule has 2 aliphatic rings. The molecule has 2 aromatic carbocycles. The van der Waals surface area contributed by atoms with Crippen molar-refractivity contribution < 1.29 is 9.32 Å². The van der Waals surface area contributed by atoms with Gasteiger partial charge in [0.25, 0.3) is 5.91 Å². The molecule has 0 unspecified atom stereocenters. The molecule has 5 rings (SSSR count). The number of nitrogens with zero attached hydrogens (tertiary/aromatic N) is 2. The lowest BCUT2D eigenvalue weighted by molar-refractivity contribution is 0.0919. The third kappa shape index (κ3) is 4.88. The lowest BCUT2D eigenvalue weighted by Gasteiger charge is -2.34. The average Bonchev–Trinajstić information content (AvgIpc) is 3.29. The molecule has 168 valence electrons. The Balaban J connectivity index is 1.03. The fourth-order valence-electron chi connectivity index (χ4n) is 5.45. The summed E-state index contributed by atoms with van der Waals surface area (Å²) in [5.41, 5.74) is 2.81. The highest BCUT2D eigenvalue weighted by Gasteiger charge is 2.27. The number of benzene rings is 2. The molecule has 1 saturated carbocycles. The minimum absolute atomic E-state index is 0.0665. The van der Waals surface area contributed by atoms with Gasteiger partial charge in [-0.15, -0.1) is 0 Å². The van der Waals surface area contributed by atoms with Gasteiger partial charge in [-0.3, -0.25) is 4.79 Å². The summed E-state index contributed by atoms with van der Waals surface area (Å²) in [4.78, 5) is 15.0. The summed E-state index contributed by atoms with van der Waals surface area (Å²) in [6.07, 6.45) is 8.25. The molecule has 1 aliphatic carbocycles. The van der Waals surface area contributed by atoms with Crippen LogP contribution in [-0.2, 0) is 0 Å². The van der Waals surface area contributed by atoms with Crippen molar-refractivity contribution in [1.82, 2.24) is 15.4 Å². The van der Waals surface area contributed by atoms with Crippen LogP contribution in [0.4, 0.5) is 0 Å². The smallest absolute Gasteiger partial charge is 0.251 e. The van der Waals surface area contributed by atoms with E-state index in [1.54, 1.807) is 0 Å². The molecule has 2 heterocycles. The molecule has 0 bridgehead atoms. The zero-order valence-electron chi connectivity index (χ0n) is 18.7. The normalized spacial score (nSPS) is 22.8. The predicted molar refractivity (Wildman–Crippen MR) is 127 cm³/mol. The second-order valence-electron chi connectivity index (χ2n) is 9.53. The molecule has 1 aromatic heterocycles. The van der Waals surface area contributed by atoms with E-state index in [-0.39, 0.29) is 5.91 Å². The van der Waals surface area contributed by atoms with Gasteiger partial charge in [0.15, 0.2) is 5.58 Å². The lowest BCUT2D eigenvalue weighted by atomic mass is 9.83.